The Morgan fingerprint density at radius 3 is 2.53 bits per heavy atom. The van der Waals surface area contributed by atoms with Crippen molar-refractivity contribution in [2.75, 3.05) is 26.7 Å². The van der Waals surface area contributed by atoms with E-state index in [0.717, 1.165) is 34.6 Å². The van der Waals surface area contributed by atoms with Gasteiger partial charge in [0.05, 0.1) is 11.1 Å². The molecule has 2 aromatic heterocycles. The molecule has 3 fully saturated rings. The topological polar surface area (TPSA) is 52.2 Å². The van der Waals surface area contributed by atoms with Gasteiger partial charge >= 0.3 is 0 Å². The van der Waals surface area contributed by atoms with Crippen molar-refractivity contribution >= 4 is 16.8 Å². The second-order valence-electron chi connectivity index (χ2n) is 11.3. The van der Waals surface area contributed by atoms with Gasteiger partial charge in [0.15, 0.2) is 0 Å². The monoisotopic (exact) mass is 458 g/mol. The Hall–Kier alpha value is -2.66. The Labute approximate surface area is 203 Å². The van der Waals surface area contributed by atoms with E-state index in [1.807, 2.05) is 20.2 Å². The molecular formula is C29H38N4O. The zero-order chi connectivity index (χ0) is 24.2. The fourth-order valence-electron chi connectivity index (χ4n) is 6.22. The fraction of sp³-hybridized carbons (Fsp3) is 0.517. The molecule has 1 unspecified atom stereocenters. The van der Waals surface area contributed by atoms with Gasteiger partial charge in [-0.1, -0.05) is 19.9 Å². The van der Waals surface area contributed by atoms with Gasteiger partial charge < -0.3 is 14.8 Å². The number of carbonyl (C=O) groups excluding carboxylic acids is 1. The summed E-state index contributed by atoms with van der Waals surface area (Å²) in [5.74, 6) is 1.21. The minimum Gasteiger partial charge on any atom is -0.354 e. The zero-order valence-electron chi connectivity index (χ0n) is 21.5. The summed E-state index contributed by atoms with van der Waals surface area (Å²) in [7, 11) is 2.02. The number of piperidine rings is 3. The SMILES string of the molecule is Cc1cc(-c2[nH]c3ccc(C(C)(C)C(=O)N(C)C4CN5CCC4CC5)cc3c2C(C)C)ccn1. The number of aromatic nitrogens is 2. The maximum Gasteiger partial charge on any atom is 0.232 e. The van der Waals surface area contributed by atoms with E-state index in [4.69, 9.17) is 0 Å². The summed E-state index contributed by atoms with van der Waals surface area (Å²) in [5.41, 5.74) is 6.23. The van der Waals surface area contributed by atoms with E-state index >= 15 is 0 Å². The highest BCUT2D eigenvalue weighted by Crippen LogP contribution is 2.39. The van der Waals surface area contributed by atoms with Crippen molar-refractivity contribution < 1.29 is 4.79 Å². The lowest BCUT2D eigenvalue weighted by atomic mass is 9.79. The summed E-state index contributed by atoms with van der Waals surface area (Å²) in [6, 6.07) is 11.1. The Morgan fingerprint density at radius 1 is 1.18 bits per heavy atom. The molecular weight excluding hydrogens is 420 g/mol. The number of likely N-dealkylation sites (N-methyl/N-ethyl adjacent to an activating group) is 1. The third-order valence-corrected chi connectivity index (χ3v) is 8.30. The van der Waals surface area contributed by atoms with Crippen LogP contribution in [0.2, 0.25) is 0 Å². The summed E-state index contributed by atoms with van der Waals surface area (Å²) in [6.45, 7) is 14.1. The van der Waals surface area contributed by atoms with E-state index in [1.165, 1.54) is 36.9 Å². The van der Waals surface area contributed by atoms with Crippen LogP contribution in [0.4, 0.5) is 0 Å². The standard InChI is InChI=1S/C29H38N4O/c1-18(2)26-23-16-22(7-8-24(23)31-27(26)21-9-12-30-19(3)15-21)29(4,5)28(34)32(6)25-17-33-13-10-20(25)11-14-33/h7-9,12,15-16,18,20,25,31H,10-11,13-14,17H2,1-6H3. The van der Waals surface area contributed by atoms with Crippen molar-refractivity contribution in [3.05, 3.63) is 53.3 Å². The maximum atomic E-state index is 13.9. The Kier molecular flexibility index (Phi) is 5.79. The molecule has 0 spiro atoms. The lowest BCUT2D eigenvalue weighted by Crippen LogP contribution is -2.59. The van der Waals surface area contributed by atoms with Crippen LogP contribution in [0.3, 0.4) is 0 Å². The predicted molar refractivity (Wildman–Crippen MR) is 139 cm³/mol. The van der Waals surface area contributed by atoms with Gasteiger partial charge in [-0.2, -0.15) is 0 Å². The van der Waals surface area contributed by atoms with Crippen LogP contribution in [0, 0.1) is 12.8 Å². The van der Waals surface area contributed by atoms with Crippen LogP contribution >= 0.6 is 0 Å². The zero-order valence-corrected chi connectivity index (χ0v) is 21.5. The molecule has 3 aliphatic heterocycles. The Bertz CT molecular complexity index is 1220. The molecule has 180 valence electrons. The molecule has 5 heterocycles. The number of hydrogen-bond donors (Lipinski definition) is 1. The van der Waals surface area contributed by atoms with Crippen molar-refractivity contribution in [2.24, 2.45) is 5.92 Å². The summed E-state index contributed by atoms with van der Waals surface area (Å²) in [5, 5.41) is 1.21. The summed E-state index contributed by atoms with van der Waals surface area (Å²) < 4.78 is 0. The number of rotatable bonds is 5. The van der Waals surface area contributed by atoms with Crippen molar-refractivity contribution in [3.63, 3.8) is 0 Å². The minimum absolute atomic E-state index is 0.220. The molecule has 5 nitrogen and oxygen atoms in total. The molecule has 0 aliphatic carbocycles. The minimum atomic E-state index is -0.589. The molecule has 0 saturated carbocycles. The van der Waals surface area contributed by atoms with E-state index in [0.29, 0.717) is 17.9 Å². The number of nitrogens with one attached hydrogen (secondary N) is 1. The first-order chi connectivity index (χ1) is 16.2. The second-order valence-corrected chi connectivity index (χ2v) is 11.3. The third-order valence-electron chi connectivity index (χ3n) is 8.30. The predicted octanol–water partition coefficient (Wildman–Crippen LogP) is 5.49. The fourth-order valence-corrected chi connectivity index (χ4v) is 6.22. The van der Waals surface area contributed by atoms with Gasteiger partial charge in [-0.15, -0.1) is 0 Å². The number of pyridine rings is 1. The van der Waals surface area contributed by atoms with Gasteiger partial charge in [-0.05, 0) is 93.9 Å². The molecule has 0 radical (unpaired) electrons. The molecule has 34 heavy (non-hydrogen) atoms. The number of aryl methyl sites for hydroxylation is 1. The first kappa shape index (κ1) is 23.1. The van der Waals surface area contributed by atoms with Crippen molar-refractivity contribution in [3.8, 4) is 11.3 Å². The van der Waals surface area contributed by atoms with E-state index in [2.05, 4.69) is 77.8 Å². The van der Waals surface area contributed by atoms with E-state index < -0.39 is 5.41 Å². The number of fused-ring (bicyclic) bond motifs is 4. The number of aromatic amines is 1. The highest BCUT2D eigenvalue weighted by molar-refractivity contribution is 5.94. The molecule has 2 bridgehead atoms. The van der Waals surface area contributed by atoms with Crippen molar-refractivity contribution in [1.29, 1.82) is 0 Å². The van der Waals surface area contributed by atoms with E-state index in [-0.39, 0.29) is 5.91 Å². The van der Waals surface area contributed by atoms with Gasteiger partial charge in [0.25, 0.3) is 0 Å². The molecule has 1 N–H and O–H groups in total. The molecule has 3 saturated heterocycles. The van der Waals surface area contributed by atoms with Crippen LogP contribution < -0.4 is 0 Å². The summed E-state index contributed by atoms with van der Waals surface area (Å²) >= 11 is 0. The number of hydrogen-bond acceptors (Lipinski definition) is 3. The lowest BCUT2D eigenvalue weighted by molar-refractivity contribution is -0.141. The largest absolute Gasteiger partial charge is 0.354 e. The van der Waals surface area contributed by atoms with Gasteiger partial charge in [-0.25, -0.2) is 0 Å². The van der Waals surface area contributed by atoms with Gasteiger partial charge in [-0.3, -0.25) is 9.78 Å². The smallest absolute Gasteiger partial charge is 0.232 e. The summed E-state index contributed by atoms with van der Waals surface area (Å²) in [6.07, 6.45) is 4.30. The number of nitrogens with zero attached hydrogens (tertiary/aromatic N) is 3. The van der Waals surface area contributed by atoms with Crippen LogP contribution in [-0.4, -0.2) is 58.4 Å². The highest BCUT2D eigenvalue weighted by Gasteiger charge is 2.42. The molecule has 3 aromatic rings. The Morgan fingerprint density at radius 2 is 1.91 bits per heavy atom. The van der Waals surface area contributed by atoms with Gasteiger partial charge in [0.2, 0.25) is 5.91 Å². The van der Waals surface area contributed by atoms with Crippen LogP contribution in [0.15, 0.2) is 36.5 Å². The summed E-state index contributed by atoms with van der Waals surface area (Å²) in [4.78, 5) is 26.5. The molecule has 1 atom stereocenters. The molecule has 3 aliphatic rings. The van der Waals surface area contributed by atoms with Crippen molar-refractivity contribution in [1.82, 2.24) is 19.8 Å². The normalized spacial score (nSPS) is 22.5. The molecule has 1 amide bonds. The van der Waals surface area contributed by atoms with Crippen LogP contribution in [0.25, 0.3) is 22.2 Å². The second kappa shape index (κ2) is 8.53. The van der Waals surface area contributed by atoms with E-state index in [9.17, 15) is 4.79 Å². The average molecular weight is 459 g/mol. The highest BCUT2D eigenvalue weighted by atomic mass is 16.2. The van der Waals surface area contributed by atoms with E-state index in [1.54, 1.807) is 0 Å². The molecule has 1 aromatic carbocycles. The molecule has 6 rings (SSSR count). The van der Waals surface area contributed by atoms with Crippen LogP contribution in [0.5, 0.6) is 0 Å². The third kappa shape index (κ3) is 3.84. The first-order valence-corrected chi connectivity index (χ1v) is 12.8. The van der Waals surface area contributed by atoms with Crippen LogP contribution in [0.1, 0.15) is 63.3 Å². The molecule has 5 heteroatoms. The Balaban J connectivity index is 1.52. The van der Waals surface area contributed by atoms with Crippen LogP contribution in [-0.2, 0) is 10.2 Å². The number of amides is 1. The number of H-pyrrole nitrogens is 1. The number of benzene rings is 1. The number of carbonyl (C=O) groups is 1. The average Bonchev–Trinajstić information content (AvgIpc) is 3.23. The van der Waals surface area contributed by atoms with Gasteiger partial charge in [0.1, 0.15) is 0 Å². The van der Waals surface area contributed by atoms with Gasteiger partial charge in [0, 0.05) is 48.0 Å². The lowest BCUT2D eigenvalue weighted by Gasteiger charge is -2.49. The quantitative estimate of drug-likeness (QED) is 0.550. The maximum absolute atomic E-state index is 13.9. The first-order valence-electron chi connectivity index (χ1n) is 12.8. The van der Waals surface area contributed by atoms with Crippen molar-refractivity contribution in [2.45, 2.75) is 64.8 Å².